The molecule has 1 unspecified atom stereocenters. The van der Waals surface area contributed by atoms with Crippen molar-refractivity contribution in [1.82, 2.24) is 0 Å². The first kappa shape index (κ1) is 20.2. The fourth-order valence-corrected chi connectivity index (χ4v) is 4.63. The van der Waals surface area contributed by atoms with Crippen LogP contribution in [0, 0.1) is 0 Å². The molecule has 30 heavy (non-hydrogen) atoms. The van der Waals surface area contributed by atoms with E-state index < -0.39 is 0 Å². The van der Waals surface area contributed by atoms with Gasteiger partial charge in [-0.05, 0) is 43.0 Å². The molecule has 1 heterocycles. The van der Waals surface area contributed by atoms with Crippen LogP contribution in [0.15, 0.2) is 53.7 Å². The Bertz CT molecular complexity index is 1010. The third kappa shape index (κ3) is 3.38. The van der Waals surface area contributed by atoms with Crippen molar-refractivity contribution >= 4 is 17.4 Å². The van der Waals surface area contributed by atoms with Crippen LogP contribution >= 0.6 is 0 Å². The maximum absolute atomic E-state index is 13.4. The number of benzene rings is 2. The number of methoxy groups -OCH3 is 2. The smallest absolute Gasteiger partial charge is 0.232 e. The van der Waals surface area contributed by atoms with E-state index in [0.717, 1.165) is 35.4 Å². The highest BCUT2D eigenvalue weighted by molar-refractivity contribution is 6.07. The number of hydrogen-bond donors (Lipinski definition) is 0. The zero-order valence-electron chi connectivity index (χ0n) is 17.7. The standard InChI is InChI=1S/C25H27NO4/c1-4-16-11-13-17(14-12-16)26-20-8-6-9-21(27)24(20)19(15-23(26)28)18-7-5-10-22(29-2)25(18)30-3/h5,7,10-14,19H,4,6,8-9,15H2,1-3H3. The van der Waals surface area contributed by atoms with Crippen molar-refractivity contribution in [1.29, 1.82) is 0 Å². The summed E-state index contributed by atoms with van der Waals surface area (Å²) in [6, 6.07) is 13.7. The molecular weight excluding hydrogens is 378 g/mol. The molecule has 1 aliphatic heterocycles. The number of anilines is 1. The number of rotatable bonds is 5. The van der Waals surface area contributed by atoms with E-state index in [0.29, 0.717) is 24.3 Å². The molecule has 156 valence electrons. The van der Waals surface area contributed by atoms with E-state index in [-0.39, 0.29) is 24.0 Å². The molecular formula is C25H27NO4. The molecule has 5 heteroatoms. The summed E-state index contributed by atoms with van der Waals surface area (Å²) in [6.45, 7) is 2.10. The highest BCUT2D eigenvalue weighted by Gasteiger charge is 2.41. The monoisotopic (exact) mass is 405 g/mol. The topological polar surface area (TPSA) is 55.8 Å². The van der Waals surface area contributed by atoms with E-state index in [1.807, 2.05) is 42.5 Å². The number of carbonyl (C=O) groups is 2. The minimum absolute atomic E-state index is 0.00238. The van der Waals surface area contributed by atoms with Crippen LogP contribution in [-0.4, -0.2) is 25.9 Å². The summed E-state index contributed by atoms with van der Waals surface area (Å²) < 4.78 is 11.1. The molecule has 0 fully saturated rings. The molecule has 2 aromatic carbocycles. The van der Waals surface area contributed by atoms with Gasteiger partial charge in [0.15, 0.2) is 17.3 Å². The molecule has 5 nitrogen and oxygen atoms in total. The minimum atomic E-state index is -0.323. The fourth-order valence-electron chi connectivity index (χ4n) is 4.63. The van der Waals surface area contributed by atoms with E-state index in [2.05, 4.69) is 6.92 Å². The van der Waals surface area contributed by atoms with Gasteiger partial charge in [0.25, 0.3) is 0 Å². The van der Waals surface area contributed by atoms with E-state index in [1.54, 1.807) is 19.1 Å². The third-order valence-electron chi connectivity index (χ3n) is 6.09. The lowest BCUT2D eigenvalue weighted by atomic mass is 9.76. The maximum atomic E-state index is 13.4. The quantitative estimate of drug-likeness (QED) is 0.717. The number of nitrogens with zero attached hydrogens (tertiary/aromatic N) is 1. The first-order valence-corrected chi connectivity index (χ1v) is 10.5. The van der Waals surface area contributed by atoms with E-state index in [1.165, 1.54) is 5.56 Å². The van der Waals surface area contributed by atoms with Crippen molar-refractivity contribution in [2.45, 2.75) is 44.9 Å². The van der Waals surface area contributed by atoms with Gasteiger partial charge in [-0.3, -0.25) is 14.5 Å². The van der Waals surface area contributed by atoms with Crippen LogP contribution in [-0.2, 0) is 16.0 Å². The second-order valence-corrected chi connectivity index (χ2v) is 7.73. The number of ether oxygens (including phenoxy) is 2. The van der Waals surface area contributed by atoms with Crippen molar-refractivity contribution in [3.8, 4) is 11.5 Å². The number of para-hydroxylation sites is 1. The Morgan fingerprint density at radius 3 is 2.43 bits per heavy atom. The number of allylic oxidation sites excluding steroid dienone is 2. The lowest BCUT2D eigenvalue weighted by Gasteiger charge is -2.38. The molecule has 0 saturated carbocycles. The number of aryl methyl sites for hydroxylation is 1. The van der Waals surface area contributed by atoms with Crippen molar-refractivity contribution in [3.63, 3.8) is 0 Å². The molecule has 0 saturated heterocycles. The Balaban J connectivity index is 1.86. The largest absolute Gasteiger partial charge is 0.493 e. The van der Waals surface area contributed by atoms with Crippen molar-refractivity contribution in [3.05, 3.63) is 64.9 Å². The molecule has 0 N–H and O–H groups in total. The molecule has 0 radical (unpaired) electrons. The first-order chi connectivity index (χ1) is 14.6. The van der Waals surface area contributed by atoms with E-state index >= 15 is 0 Å². The second kappa shape index (κ2) is 8.34. The number of ketones is 1. The number of amides is 1. The van der Waals surface area contributed by atoms with Crippen LogP contribution in [0.3, 0.4) is 0 Å². The zero-order chi connectivity index (χ0) is 21.3. The Hall–Kier alpha value is -3.08. The summed E-state index contributed by atoms with van der Waals surface area (Å²) >= 11 is 0. The molecule has 0 bridgehead atoms. The SMILES string of the molecule is CCc1ccc(N2C(=O)CC(c3cccc(OC)c3OC)C3=C2CCCC3=O)cc1. The average molecular weight is 405 g/mol. The fraction of sp³-hybridized carbons (Fsp3) is 0.360. The lowest BCUT2D eigenvalue weighted by Crippen LogP contribution is -2.40. The van der Waals surface area contributed by atoms with Gasteiger partial charge in [-0.15, -0.1) is 0 Å². The second-order valence-electron chi connectivity index (χ2n) is 7.73. The summed E-state index contributed by atoms with van der Waals surface area (Å²) in [5.41, 5.74) is 4.45. The molecule has 1 aliphatic carbocycles. The van der Waals surface area contributed by atoms with Gasteiger partial charge in [0.2, 0.25) is 5.91 Å². The minimum Gasteiger partial charge on any atom is -0.493 e. The molecule has 0 spiro atoms. The summed E-state index contributed by atoms with van der Waals surface area (Å²) in [5.74, 6) is 0.988. The van der Waals surface area contributed by atoms with Gasteiger partial charge in [0.1, 0.15) is 0 Å². The Labute approximate surface area is 177 Å². The van der Waals surface area contributed by atoms with E-state index in [9.17, 15) is 9.59 Å². The Morgan fingerprint density at radius 2 is 1.77 bits per heavy atom. The highest BCUT2D eigenvalue weighted by Crippen LogP contribution is 2.47. The van der Waals surface area contributed by atoms with Crippen LogP contribution in [0.25, 0.3) is 0 Å². The summed E-state index contributed by atoms with van der Waals surface area (Å²) in [7, 11) is 3.18. The molecule has 0 aromatic heterocycles. The van der Waals surface area contributed by atoms with Crippen LogP contribution in [0.1, 0.15) is 49.7 Å². The Kier molecular flexibility index (Phi) is 5.62. The molecule has 1 amide bonds. The highest BCUT2D eigenvalue weighted by atomic mass is 16.5. The van der Waals surface area contributed by atoms with Gasteiger partial charge in [-0.2, -0.15) is 0 Å². The number of hydrogen-bond acceptors (Lipinski definition) is 4. The van der Waals surface area contributed by atoms with Crippen LogP contribution in [0.2, 0.25) is 0 Å². The Morgan fingerprint density at radius 1 is 1.00 bits per heavy atom. The lowest BCUT2D eigenvalue weighted by molar-refractivity contribution is -0.119. The molecule has 2 aromatic rings. The van der Waals surface area contributed by atoms with Crippen molar-refractivity contribution in [2.75, 3.05) is 19.1 Å². The summed E-state index contributed by atoms with van der Waals surface area (Å²) in [4.78, 5) is 28.2. The zero-order valence-corrected chi connectivity index (χ0v) is 17.7. The first-order valence-electron chi connectivity index (χ1n) is 10.5. The van der Waals surface area contributed by atoms with Crippen LogP contribution in [0.4, 0.5) is 5.69 Å². The van der Waals surface area contributed by atoms with Crippen LogP contribution < -0.4 is 14.4 Å². The average Bonchev–Trinajstić information content (AvgIpc) is 2.78. The third-order valence-corrected chi connectivity index (χ3v) is 6.09. The molecule has 1 atom stereocenters. The molecule has 2 aliphatic rings. The summed E-state index contributed by atoms with van der Waals surface area (Å²) in [6.07, 6.45) is 3.15. The van der Waals surface area contributed by atoms with Crippen molar-refractivity contribution < 1.29 is 19.1 Å². The predicted molar refractivity (Wildman–Crippen MR) is 116 cm³/mol. The van der Waals surface area contributed by atoms with Crippen LogP contribution in [0.5, 0.6) is 11.5 Å². The van der Waals surface area contributed by atoms with Gasteiger partial charge in [-0.25, -0.2) is 0 Å². The predicted octanol–water partition coefficient (Wildman–Crippen LogP) is 4.79. The molecule has 4 rings (SSSR count). The number of carbonyl (C=O) groups excluding carboxylic acids is 2. The van der Waals surface area contributed by atoms with Gasteiger partial charge >= 0.3 is 0 Å². The maximum Gasteiger partial charge on any atom is 0.232 e. The number of Topliss-reactive ketones (excluding diaryl/α,β-unsaturated/α-hetero) is 1. The van der Waals surface area contributed by atoms with E-state index in [4.69, 9.17) is 9.47 Å². The van der Waals surface area contributed by atoms with Gasteiger partial charge < -0.3 is 9.47 Å². The van der Waals surface area contributed by atoms with Gasteiger partial charge in [-0.1, -0.05) is 31.2 Å². The summed E-state index contributed by atoms with van der Waals surface area (Å²) in [5, 5.41) is 0. The normalized spacial score (nSPS) is 19.0. The van der Waals surface area contributed by atoms with Gasteiger partial charge in [0.05, 0.1) is 14.2 Å². The van der Waals surface area contributed by atoms with Crippen molar-refractivity contribution in [2.24, 2.45) is 0 Å². The van der Waals surface area contributed by atoms with Gasteiger partial charge in [0, 0.05) is 41.3 Å².